The summed E-state index contributed by atoms with van der Waals surface area (Å²) < 4.78 is 0. The van der Waals surface area contributed by atoms with Gasteiger partial charge in [0.25, 0.3) is 0 Å². The minimum atomic E-state index is -0.0836. The monoisotopic (exact) mass is 234 g/mol. The molecule has 18 heavy (non-hydrogen) atoms. The summed E-state index contributed by atoms with van der Waals surface area (Å²) in [5.74, 6) is 1.09. The molecule has 0 bridgehead atoms. The number of fused-ring (bicyclic) bond motifs is 3. The summed E-state index contributed by atoms with van der Waals surface area (Å²) in [6.45, 7) is 0.949. The van der Waals surface area contributed by atoms with Crippen molar-refractivity contribution in [2.75, 3.05) is 6.54 Å². The van der Waals surface area contributed by atoms with Crippen molar-refractivity contribution in [2.24, 2.45) is 4.99 Å². The van der Waals surface area contributed by atoms with Gasteiger partial charge >= 0.3 is 0 Å². The molecule has 1 aliphatic carbocycles. The Kier molecular flexibility index (Phi) is 1.90. The summed E-state index contributed by atoms with van der Waals surface area (Å²) in [6, 6.07) is 8.60. The Balaban J connectivity index is 1.87. The van der Waals surface area contributed by atoms with Crippen LogP contribution in [0.5, 0.6) is 0 Å². The highest BCUT2D eigenvalue weighted by atomic mass is 15.3. The first-order valence-corrected chi connectivity index (χ1v) is 6.35. The zero-order valence-electron chi connectivity index (χ0n) is 10.1. The van der Waals surface area contributed by atoms with Gasteiger partial charge in [0.05, 0.1) is 6.54 Å². The van der Waals surface area contributed by atoms with Gasteiger partial charge in [0.15, 0.2) is 0 Å². The van der Waals surface area contributed by atoms with Crippen LogP contribution in [0.15, 0.2) is 59.8 Å². The second kappa shape index (κ2) is 3.45. The molecule has 0 saturated heterocycles. The van der Waals surface area contributed by atoms with Gasteiger partial charge in [0.1, 0.15) is 11.4 Å². The molecule has 0 radical (unpaired) electrons. The van der Waals surface area contributed by atoms with Gasteiger partial charge in [-0.1, -0.05) is 42.5 Å². The standard InChI is InChI=1S/C16H14N2/c1-2-8-14-13(6-1)7-5-10-16(14)12-18-11-4-3-9-15(18)17-16/h1-9,11H,10,12H2. The van der Waals surface area contributed by atoms with Gasteiger partial charge in [0, 0.05) is 6.20 Å². The second-order valence-electron chi connectivity index (χ2n) is 5.02. The largest absolute Gasteiger partial charge is 0.331 e. The van der Waals surface area contributed by atoms with Crippen LogP contribution in [-0.4, -0.2) is 17.3 Å². The second-order valence-corrected chi connectivity index (χ2v) is 5.02. The van der Waals surface area contributed by atoms with E-state index in [4.69, 9.17) is 4.99 Å². The molecule has 3 aliphatic rings. The lowest BCUT2D eigenvalue weighted by Crippen LogP contribution is -2.32. The predicted octanol–water partition coefficient (Wildman–Crippen LogP) is 3.10. The van der Waals surface area contributed by atoms with Crippen LogP contribution in [0, 0.1) is 0 Å². The van der Waals surface area contributed by atoms with Gasteiger partial charge in [-0.25, -0.2) is 0 Å². The molecule has 2 heteroatoms. The molecule has 0 fully saturated rings. The topological polar surface area (TPSA) is 15.6 Å². The van der Waals surface area contributed by atoms with Crippen LogP contribution < -0.4 is 0 Å². The van der Waals surface area contributed by atoms with Crippen molar-refractivity contribution in [3.8, 4) is 0 Å². The first-order chi connectivity index (χ1) is 8.87. The Morgan fingerprint density at radius 1 is 1.11 bits per heavy atom. The predicted molar refractivity (Wildman–Crippen MR) is 74.2 cm³/mol. The molecule has 0 N–H and O–H groups in total. The number of rotatable bonds is 0. The molecular formula is C16H14N2. The molecule has 2 heterocycles. The highest BCUT2D eigenvalue weighted by Gasteiger charge is 2.41. The highest BCUT2D eigenvalue weighted by molar-refractivity contribution is 5.97. The number of hydrogen-bond donors (Lipinski definition) is 0. The fourth-order valence-electron chi connectivity index (χ4n) is 3.05. The average molecular weight is 234 g/mol. The summed E-state index contributed by atoms with van der Waals surface area (Å²) in [4.78, 5) is 7.24. The Labute approximate surface area is 107 Å². The van der Waals surface area contributed by atoms with Gasteiger partial charge in [-0.05, 0) is 29.7 Å². The van der Waals surface area contributed by atoms with Gasteiger partial charge in [-0.2, -0.15) is 0 Å². The maximum Gasteiger partial charge on any atom is 0.128 e. The normalized spacial score (nSPS) is 27.3. The summed E-state index contributed by atoms with van der Waals surface area (Å²) in [5, 5.41) is 0. The summed E-state index contributed by atoms with van der Waals surface area (Å²) >= 11 is 0. The molecule has 1 unspecified atom stereocenters. The van der Waals surface area contributed by atoms with Crippen molar-refractivity contribution in [1.82, 2.24) is 4.90 Å². The summed E-state index contributed by atoms with van der Waals surface area (Å²) in [5.41, 5.74) is 2.58. The van der Waals surface area contributed by atoms with E-state index in [1.165, 1.54) is 11.1 Å². The molecule has 4 rings (SSSR count). The SMILES string of the molecule is C1=CC2=NC3(CC=Cc4ccccc43)CN2C=C1. The first-order valence-electron chi connectivity index (χ1n) is 6.35. The molecule has 2 nitrogen and oxygen atoms in total. The van der Waals surface area contributed by atoms with Gasteiger partial charge in [-0.15, -0.1) is 0 Å². The van der Waals surface area contributed by atoms with E-state index in [1.807, 2.05) is 0 Å². The molecule has 1 atom stereocenters. The molecule has 1 aromatic carbocycles. The highest BCUT2D eigenvalue weighted by Crippen LogP contribution is 2.41. The fourth-order valence-corrected chi connectivity index (χ4v) is 3.05. The number of hydrogen-bond acceptors (Lipinski definition) is 2. The first kappa shape index (κ1) is 9.89. The molecule has 88 valence electrons. The van der Waals surface area contributed by atoms with Crippen LogP contribution in [0.2, 0.25) is 0 Å². The third-order valence-electron chi connectivity index (χ3n) is 3.89. The number of amidine groups is 1. The van der Waals surface area contributed by atoms with E-state index in [2.05, 4.69) is 65.7 Å². The molecule has 0 amide bonds. The Bertz CT molecular complexity index is 622. The molecule has 2 aliphatic heterocycles. The van der Waals surface area contributed by atoms with Crippen molar-refractivity contribution in [2.45, 2.75) is 12.0 Å². The van der Waals surface area contributed by atoms with Crippen LogP contribution in [0.1, 0.15) is 17.5 Å². The lowest BCUT2D eigenvalue weighted by atomic mass is 9.81. The summed E-state index contributed by atoms with van der Waals surface area (Å²) in [7, 11) is 0. The lowest BCUT2D eigenvalue weighted by Gasteiger charge is -2.30. The Morgan fingerprint density at radius 3 is 3.00 bits per heavy atom. The number of benzene rings is 1. The van der Waals surface area contributed by atoms with Crippen LogP contribution in [0.3, 0.4) is 0 Å². The fraction of sp³-hybridized carbons (Fsp3) is 0.188. The molecule has 0 saturated carbocycles. The molecule has 1 spiro atoms. The van der Waals surface area contributed by atoms with Crippen molar-refractivity contribution in [1.29, 1.82) is 0 Å². The Hall–Kier alpha value is -2.09. The van der Waals surface area contributed by atoms with E-state index < -0.39 is 0 Å². The van der Waals surface area contributed by atoms with E-state index in [0.29, 0.717) is 0 Å². The van der Waals surface area contributed by atoms with Crippen LogP contribution in [0.25, 0.3) is 6.08 Å². The van der Waals surface area contributed by atoms with E-state index in [0.717, 1.165) is 18.8 Å². The van der Waals surface area contributed by atoms with E-state index in [9.17, 15) is 0 Å². The van der Waals surface area contributed by atoms with E-state index >= 15 is 0 Å². The zero-order chi connectivity index (χ0) is 12.0. The molecular weight excluding hydrogens is 220 g/mol. The Morgan fingerprint density at radius 2 is 2.06 bits per heavy atom. The summed E-state index contributed by atoms with van der Waals surface area (Å²) in [6.07, 6.45) is 13.8. The minimum Gasteiger partial charge on any atom is -0.331 e. The maximum atomic E-state index is 5.00. The minimum absolute atomic E-state index is 0.0836. The van der Waals surface area contributed by atoms with Crippen LogP contribution >= 0.6 is 0 Å². The van der Waals surface area contributed by atoms with Gasteiger partial charge in [0.2, 0.25) is 0 Å². The zero-order valence-corrected chi connectivity index (χ0v) is 10.1. The van der Waals surface area contributed by atoms with Crippen molar-refractivity contribution in [3.63, 3.8) is 0 Å². The third-order valence-corrected chi connectivity index (χ3v) is 3.89. The molecule has 0 aromatic heterocycles. The van der Waals surface area contributed by atoms with Crippen molar-refractivity contribution >= 4 is 11.9 Å². The number of allylic oxidation sites excluding steroid dienone is 2. The third kappa shape index (κ3) is 1.26. The molecule has 1 aromatic rings. The van der Waals surface area contributed by atoms with Crippen molar-refractivity contribution in [3.05, 3.63) is 65.9 Å². The average Bonchev–Trinajstić information content (AvgIpc) is 2.78. The van der Waals surface area contributed by atoms with Gasteiger partial charge < -0.3 is 4.90 Å². The van der Waals surface area contributed by atoms with Crippen LogP contribution in [-0.2, 0) is 5.54 Å². The van der Waals surface area contributed by atoms with E-state index in [-0.39, 0.29) is 5.54 Å². The van der Waals surface area contributed by atoms with E-state index in [1.54, 1.807) is 0 Å². The number of nitrogens with zero attached hydrogens (tertiary/aromatic N) is 2. The smallest absolute Gasteiger partial charge is 0.128 e. The van der Waals surface area contributed by atoms with Crippen molar-refractivity contribution < 1.29 is 0 Å². The maximum absolute atomic E-state index is 5.00. The van der Waals surface area contributed by atoms with Gasteiger partial charge in [-0.3, -0.25) is 4.99 Å². The quantitative estimate of drug-likeness (QED) is 0.673. The lowest BCUT2D eigenvalue weighted by molar-refractivity contribution is 0.401. The van der Waals surface area contributed by atoms with Crippen LogP contribution in [0.4, 0.5) is 0 Å². The number of aliphatic imine (C=N–C) groups is 1.